The summed E-state index contributed by atoms with van der Waals surface area (Å²) in [7, 11) is 1.90. The van der Waals surface area contributed by atoms with Crippen molar-refractivity contribution in [3.63, 3.8) is 0 Å². The van der Waals surface area contributed by atoms with Crippen LogP contribution in [-0.4, -0.2) is 50.8 Å². The van der Waals surface area contributed by atoms with Gasteiger partial charge in [-0.2, -0.15) is 5.10 Å². The van der Waals surface area contributed by atoms with E-state index < -0.39 is 5.67 Å². The molecule has 0 saturated carbocycles. The predicted octanol–water partition coefficient (Wildman–Crippen LogP) is 4.21. The predicted molar refractivity (Wildman–Crippen MR) is 117 cm³/mol. The number of fused-ring (bicyclic) bond motifs is 1. The molecule has 158 valence electrons. The van der Waals surface area contributed by atoms with E-state index in [0.717, 1.165) is 53.5 Å². The number of carbonyl (C=O) groups is 1. The highest BCUT2D eigenvalue weighted by Gasteiger charge is 2.28. The number of nitrogens with zero attached hydrogens (tertiary/aromatic N) is 4. The number of benzene rings is 1. The Morgan fingerprint density at radius 2 is 1.90 bits per heavy atom. The molecule has 0 amide bonds. The summed E-state index contributed by atoms with van der Waals surface area (Å²) in [5.41, 5.74) is 1.78. The van der Waals surface area contributed by atoms with Gasteiger partial charge in [-0.1, -0.05) is 12.1 Å². The van der Waals surface area contributed by atoms with Crippen LogP contribution in [0.5, 0.6) is 0 Å². The lowest BCUT2D eigenvalue weighted by Gasteiger charge is -2.33. The maximum Gasteiger partial charge on any atom is 0.142 e. The number of hydrogen-bond donors (Lipinski definition) is 0. The molecular formula is C24H29FN4O. The van der Waals surface area contributed by atoms with Crippen molar-refractivity contribution in [1.82, 2.24) is 19.7 Å². The first-order chi connectivity index (χ1) is 14.3. The zero-order valence-electron chi connectivity index (χ0n) is 17.9. The maximum absolute atomic E-state index is 13.9. The Morgan fingerprint density at radius 1 is 1.13 bits per heavy atom. The highest BCUT2D eigenvalue weighted by Crippen LogP contribution is 2.26. The summed E-state index contributed by atoms with van der Waals surface area (Å²) in [5.74, 6) is 0.285. The van der Waals surface area contributed by atoms with Crippen molar-refractivity contribution >= 4 is 16.6 Å². The second-order valence-electron chi connectivity index (χ2n) is 9.05. The van der Waals surface area contributed by atoms with Crippen LogP contribution >= 0.6 is 0 Å². The van der Waals surface area contributed by atoms with Gasteiger partial charge in [0.15, 0.2) is 0 Å². The average molecular weight is 409 g/mol. The number of carbonyl (C=O) groups excluding carboxylic acids is 1. The lowest BCUT2D eigenvalue weighted by Crippen LogP contribution is -2.42. The molecule has 1 aliphatic heterocycles. The van der Waals surface area contributed by atoms with E-state index in [4.69, 9.17) is 0 Å². The minimum atomic E-state index is -1.19. The molecule has 0 atom stereocenters. The number of aryl methyl sites for hydroxylation is 1. The summed E-state index contributed by atoms with van der Waals surface area (Å²) in [6, 6.07) is 8.27. The quantitative estimate of drug-likeness (QED) is 0.613. The van der Waals surface area contributed by atoms with Crippen molar-refractivity contribution in [2.45, 2.75) is 38.8 Å². The van der Waals surface area contributed by atoms with E-state index in [1.807, 2.05) is 31.7 Å². The van der Waals surface area contributed by atoms with Gasteiger partial charge in [0.1, 0.15) is 11.5 Å². The number of pyridine rings is 1. The number of Topliss-reactive ketones (excluding diaryl/α,β-unsaturated/α-hetero) is 1. The Hall–Kier alpha value is -2.60. The first-order valence-corrected chi connectivity index (χ1v) is 10.6. The molecule has 5 nitrogen and oxygen atoms in total. The molecule has 3 heterocycles. The SMILES string of the molecule is Cn1cc(-c2ccc3cnc(CC(=O)C4CCN(CC(C)(C)F)CC4)cc3c2)cn1. The van der Waals surface area contributed by atoms with Gasteiger partial charge in [-0.25, -0.2) is 4.39 Å². The van der Waals surface area contributed by atoms with E-state index in [2.05, 4.69) is 33.2 Å². The largest absolute Gasteiger partial charge is 0.300 e. The molecule has 0 bridgehead atoms. The van der Waals surface area contributed by atoms with Gasteiger partial charge >= 0.3 is 0 Å². The van der Waals surface area contributed by atoms with Crippen LogP contribution in [0.1, 0.15) is 32.4 Å². The van der Waals surface area contributed by atoms with Crippen molar-refractivity contribution in [3.05, 3.63) is 48.5 Å². The number of rotatable bonds is 6. The first kappa shape index (κ1) is 20.7. The Bertz CT molecular complexity index is 1040. The molecule has 3 aromatic rings. The second-order valence-corrected chi connectivity index (χ2v) is 9.05. The molecule has 1 saturated heterocycles. The molecule has 30 heavy (non-hydrogen) atoms. The van der Waals surface area contributed by atoms with E-state index >= 15 is 0 Å². The Balaban J connectivity index is 1.43. The zero-order valence-corrected chi connectivity index (χ0v) is 17.9. The summed E-state index contributed by atoms with van der Waals surface area (Å²) >= 11 is 0. The zero-order chi connectivity index (χ0) is 21.3. The number of aromatic nitrogens is 3. The minimum Gasteiger partial charge on any atom is -0.300 e. The van der Waals surface area contributed by atoms with E-state index in [-0.39, 0.29) is 11.7 Å². The van der Waals surface area contributed by atoms with E-state index in [9.17, 15) is 9.18 Å². The van der Waals surface area contributed by atoms with Gasteiger partial charge in [0.05, 0.1) is 6.20 Å². The van der Waals surface area contributed by atoms with Crippen LogP contribution in [0.3, 0.4) is 0 Å². The van der Waals surface area contributed by atoms with Gasteiger partial charge in [-0.15, -0.1) is 0 Å². The van der Waals surface area contributed by atoms with Crippen LogP contribution in [0.25, 0.3) is 21.9 Å². The number of hydrogen-bond acceptors (Lipinski definition) is 4. The lowest BCUT2D eigenvalue weighted by atomic mass is 9.89. The topological polar surface area (TPSA) is 51.0 Å². The molecule has 1 aromatic carbocycles. The molecular weight excluding hydrogens is 379 g/mol. The molecule has 0 aliphatic carbocycles. The van der Waals surface area contributed by atoms with Gasteiger partial charge in [0.2, 0.25) is 0 Å². The van der Waals surface area contributed by atoms with Crippen LogP contribution in [0.2, 0.25) is 0 Å². The van der Waals surface area contributed by atoms with Crippen LogP contribution < -0.4 is 0 Å². The highest BCUT2D eigenvalue weighted by molar-refractivity contribution is 5.88. The van der Waals surface area contributed by atoms with Crippen LogP contribution in [-0.2, 0) is 18.3 Å². The molecule has 0 spiro atoms. The van der Waals surface area contributed by atoms with E-state index in [0.29, 0.717) is 13.0 Å². The Kier molecular flexibility index (Phi) is 5.69. The summed E-state index contributed by atoms with van der Waals surface area (Å²) in [5, 5.41) is 6.38. The third-order valence-electron chi connectivity index (χ3n) is 5.81. The number of piperidine rings is 1. The Morgan fingerprint density at radius 3 is 2.57 bits per heavy atom. The summed E-state index contributed by atoms with van der Waals surface area (Å²) in [6.45, 7) is 5.21. The summed E-state index contributed by atoms with van der Waals surface area (Å²) in [6.07, 6.45) is 7.64. The van der Waals surface area contributed by atoms with Gasteiger partial charge in [0.25, 0.3) is 0 Å². The molecule has 0 N–H and O–H groups in total. The average Bonchev–Trinajstić information content (AvgIpc) is 3.13. The second kappa shape index (κ2) is 8.26. The van der Waals surface area contributed by atoms with Crippen LogP contribution in [0.4, 0.5) is 4.39 Å². The minimum absolute atomic E-state index is 0.0446. The van der Waals surface area contributed by atoms with Gasteiger partial charge < -0.3 is 4.90 Å². The van der Waals surface area contributed by atoms with Gasteiger partial charge in [-0.3, -0.25) is 14.5 Å². The first-order valence-electron chi connectivity index (χ1n) is 10.6. The van der Waals surface area contributed by atoms with E-state index in [1.54, 1.807) is 18.5 Å². The number of likely N-dealkylation sites (tertiary alicyclic amines) is 1. The molecule has 0 unspecified atom stereocenters. The number of halogens is 1. The smallest absolute Gasteiger partial charge is 0.142 e. The van der Waals surface area contributed by atoms with Crippen LogP contribution in [0.15, 0.2) is 42.9 Å². The van der Waals surface area contributed by atoms with Crippen molar-refractivity contribution in [2.24, 2.45) is 13.0 Å². The fourth-order valence-corrected chi connectivity index (χ4v) is 4.30. The molecule has 4 rings (SSSR count). The fourth-order valence-electron chi connectivity index (χ4n) is 4.30. The standard InChI is InChI=1S/C24H29FN4O/c1-24(2,25)16-29-8-6-17(7-9-29)23(30)12-22-11-20-10-18(4-5-19(20)13-26-22)21-14-27-28(3)15-21/h4-5,10-11,13-15,17H,6-9,12,16H2,1-3H3. The van der Waals surface area contributed by atoms with Gasteiger partial charge in [0, 0.05) is 55.0 Å². The highest BCUT2D eigenvalue weighted by atomic mass is 19.1. The lowest BCUT2D eigenvalue weighted by molar-refractivity contribution is -0.123. The summed E-state index contributed by atoms with van der Waals surface area (Å²) in [4.78, 5) is 19.5. The molecule has 2 aromatic heterocycles. The fraction of sp³-hybridized carbons (Fsp3) is 0.458. The van der Waals surface area contributed by atoms with Crippen molar-refractivity contribution in [2.75, 3.05) is 19.6 Å². The monoisotopic (exact) mass is 408 g/mol. The third kappa shape index (κ3) is 4.93. The van der Waals surface area contributed by atoms with Crippen molar-refractivity contribution in [1.29, 1.82) is 0 Å². The molecule has 0 radical (unpaired) electrons. The van der Waals surface area contributed by atoms with E-state index in [1.165, 1.54) is 0 Å². The summed E-state index contributed by atoms with van der Waals surface area (Å²) < 4.78 is 15.6. The third-order valence-corrected chi connectivity index (χ3v) is 5.81. The molecule has 1 aliphatic rings. The van der Waals surface area contributed by atoms with Crippen LogP contribution in [0, 0.1) is 5.92 Å². The number of ketones is 1. The molecule has 6 heteroatoms. The van der Waals surface area contributed by atoms with Crippen molar-refractivity contribution < 1.29 is 9.18 Å². The normalized spacial score (nSPS) is 16.3. The molecule has 1 fully saturated rings. The maximum atomic E-state index is 13.9. The number of alkyl halides is 1. The Labute approximate surface area is 176 Å². The van der Waals surface area contributed by atoms with Crippen molar-refractivity contribution in [3.8, 4) is 11.1 Å². The van der Waals surface area contributed by atoms with Gasteiger partial charge in [-0.05, 0) is 62.9 Å².